The number of benzene rings is 1. The molecule has 90 valence electrons. The van der Waals surface area contributed by atoms with Crippen LogP contribution in [0.3, 0.4) is 0 Å². The van der Waals surface area contributed by atoms with E-state index < -0.39 is 11.4 Å². The molecular weight excluding hydrogens is 220 g/mol. The molecule has 0 bridgehead atoms. The van der Waals surface area contributed by atoms with Gasteiger partial charge < -0.3 is 16.2 Å². The van der Waals surface area contributed by atoms with Crippen LogP contribution in [0.25, 0.3) is 0 Å². The second-order valence-corrected chi connectivity index (χ2v) is 4.32. The molecule has 0 saturated heterocycles. The smallest absolute Gasteiger partial charge is 0.335 e. The van der Waals surface area contributed by atoms with E-state index in [1.165, 1.54) is 12.1 Å². The Morgan fingerprint density at radius 1 is 1.41 bits per heavy atom. The summed E-state index contributed by atoms with van der Waals surface area (Å²) < 4.78 is 0. The van der Waals surface area contributed by atoms with Crippen LogP contribution in [-0.4, -0.2) is 23.5 Å². The Morgan fingerprint density at radius 3 is 2.65 bits per heavy atom. The van der Waals surface area contributed by atoms with Crippen molar-refractivity contribution in [2.75, 3.05) is 11.9 Å². The predicted octanol–water partition coefficient (Wildman–Crippen LogP) is 1.06. The highest BCUT2D eigenvalue weighted by atomic mass is 16.4. The number of hydrogen-bond acceptors (Lipinski definition) is 3. The zero-order valence-corrected chi connectivity index (χ0v) is 9.27. The number of carboxylic acids is 1. The first-order valence-electron chi connectivity index (χ1n) is 5.42. The molecule has 1 aliphatic rings. The van der Waals surface area contributed by atoms with Gasteiger partial charge in [0, 0.05) is 12.2 Å². The lowest BCUT2D eigenvalue weighted by atomic mass is 10.1. The number of amides is 1. The molecule has 0 aromatic heterocycles. The number of rotatable bonds is 4. The van der Waals surface area contributed by atoms with Crippen molar-refractivity contribution >= 4 is 17.6 Å². The maximum absolute atomic E-state index is 11.9. The third-order valence-electron chi connectivity index (χ3n) is 3.09. The van der Waals surface area contributed by atoms with Crippen LogP contribution in [0.5, 0.6) is 0 Å². The van der Waals surface area contributed by atoms with Crippen LogP contribution in [0, 0.1) is 5.41 Å². The summed E-state index contributed by atoms with van der Waals surface area (Å²) >= 11 is 0. The molecule has 1 saturated carbocycles. The zero-order valence-electron chi connectivity index (χ0n) is 9.27. The van der Waals surface area contributed by atoms with E-state index in [1.807, 2.05) is 0 Å². The molecule has 1 aromatic rings. The van der Waals surface area contributed by atoms with E-state index in [0.717, 1.165) is 12.8 Å². The van der Waals surface area contributed by atoms with Crippen LogP contribution in [0.15, 0.2) is 24.3 Å². The zero-order chi connectivity index (χ0) is 12.5. The minimum atomic E-state index is -1.01. The van der Waals surface area contributed by atoms with E-state index in [1.54, 1.807) is 12.1 Å². The molecule has 1 aromatic carbocycles. The monoisotopic (exact) mass is 234 g/mol. The summed E-state index contributed by atoms with van der Waals surface area (Å²) in [5.74, 6) is -1.14. The van der Waals surface area contributed by atoms with Gasteiger partial charge in [0.15, 0.2) is 0 Å². The molecule has 0 heterocycles. The molecule has 0 unspecified atom stereocenters. The number of nitrogens with one attached hydrogen (secondary N) is 1. The standard InChI is InChI=1S/C12H14N2O3/c13-7-12(4-5-12)11(17)14-9-3-1-2-8(6-9)10(15)16/h1-3,6H,4-5,7,13H2,(H,14,17)(H,15,16). The Kier molecular flexibility index (Phi) is 2.85. The van der Waals surface area contributed by atoms with Crippen molar-refractivity contribution in [2.45, 2.75) is 12.8 Å². The highest BCUT2D eigenvalue weighted by Crippen LogP contribution is 2.45. The molecule has 0 spiro atoms. The van der Waals surface area contributed by atoms with Crippen LogP contribution in [0.1, 0.15) is 23.2 Å². The van der Waals surface area contributed by atoms with Gasteiger partial charge in [-0.05, 0) is 31.0 Å². The average molecular weight is 234 g/mol. The minimum absolute atomic E-state index is 0.123. The van der Waals surface area contributed by atoms with Gasteiger partial charge in [0.1, 0.15) is 0 Å². The van der Waals surface area contributed by atoms with Crippen molar-refractivity contribution in [3.05, 3.63) is 29.8 Å². The molecule has 2 rings (SSSR count). The first kappa shape index (κ1) is 11.6. The Morgan fingerprint density at radius 2 is 2.12 bits per heavy atom. The van der Waals surface area contributed by atoms with Crippen molar-refractivity contribution in [1.82, 2.24) is 0 Å². The number of aromatic carboxylic acids is 1. The van der Waals surface area contributed by atoms with Crippen LogP contribution in [0.4, 0.5) is 5.69 Å². The van der Waals surface area contributed by atoms with Gasteiger partial charge in [-0.3, -0.25) is 4.79 Å². The van der Waals surface area contributed by atoms with E-state index in [-0.39, 0.29) is 11.5 Å². The largest absolute Gasteiger partial charge is 0.478 e. The van der Waals surface area contributed by atoms with Crippen molar-refractivity contribution < 1.29 is 14.7 Å². The second-order valence-electron chi connectivity index (χ2n) is 4.32. The van der Waals surface area contributed by atoms with Crippen LogP contribution in [0.2, 0.25) is 0 Å². The highest BCUT2D eigenvalue weighted by Gasteiger charge is 2.48. The summed E-state index contributed by atoms with van der Waals surface area (Å²) in [6.45, 7) is 0.331. The topological polar surface area (TPSA) is 92.4 Å². The van der Waals surface area contributed by atoms with E-state index >= 15 is 0 Å². The summed E-state index contributed by atoms with van der Waals surface area (Å²) in [5.41, 5.74) is 5.76. The lowest BCUT2D eigenvalue weighted by Gasteiger charge is -2.12. The van der Waals surface area contributed by atoms with Crippen LogP contribution >= 0.6 is 0 Å². The lowest BCUT2D eigenvalue weighted by molar-refractivity contribution is -0.120. The van der Waals surface area contributed by atoms with Gasteiger partial charge in [-0.1, -0.05) is 6.07 Å². The number of carboxylic acid groups (broad SMARTS) is 1. The molecule has 0 atom stereocenters. The molecular formula is C12H14N2O3. The third-order valence-corrected chi connectivity index (χ3v) is 3.09. The summed E-state index contributed by atoms with van der Waals surface area (Å²) in [6.07, 6.45) is 1.60. The second kappa shape index (κ2) is 4.18. The molecule has 5 heteroatoms. The van der Waals surface area contributed by atoms with Gasteiger partial charge in [0.25, 0.3) is 0 Å². The van der Waals surface area contributed by atoms with E-state index in [2.05, 4.69) is 5.32 Å². The number of anilines is 1. The predicted molar refractivity (Wildman–Crippen MR) is 62.8 cm³/mol. The number of hydrogen-bond donors (Lipinski definition) is 3. The molecule has 1 aliphatic carbocycles. The summed E-state index contributed by atoms with van der Waals surface area (Å²) in [5, 5.41) is 11.5. The molecule has 1 fully saturated rings. The fourth-order valence-corrected chi connectivity index (χ4v) is 1.67. The molecule has 0 radical (unpaired) electrons. The van der Waals surface area contributed by atoms with Gasteiger partial charge in [-0.2, -0.15) is 0 Å². The van der Waals surface area contributed by atoms with E-state index in [0.29, 0.717) is 12.2 Å². The van der Waals surface area contributed by atoms with E-state index in [4.69, 9.17) is 10.8 Å². The molecule has 4 N–H and O–H groups in total. The van der Waals surface area contributed by atoms with Crippen LogP contribution < -0.4 is 11.1 Å². The maximum Gasteiger partial charge on any atom is 0.335 e. The van der Waals surface area contributed by atoms with Crippen molar-refractivity contribution in [2.24, 2.45) is 11.1 Å². The first-order valence-corrected chi connectivity index (χ1v) is 5.42. The number of nitrogens with two attached hydrogens (primary N) is 1. The maximum atomic E-state index is 11.9. The van der Waals surface area contributed by atoms with Gasteiger partial charge in [-0.25, -0.2) is 4.79 Å². The Hall–Kier alpha value is -1.88. The number of carbonyl (C=O) groups excluding carboxylic acids is 1. The molecule has 1 amide bonds. The first-order chi connectivity index (χ1) is 8.07. The van der Waals surface area contributed by atoms with Gasteiger partial charge in [-0.15, -0.1) is 0 Å². The fraction of sp³-hybridized carbons (Fsp3) is 0.333. The van der Waals surface area contributed by atoms with Crippen molar-refractivity contribution in [1.29, 1.82) is 0 Å². The highest BCUT2D eigenvalue weighted by molar-refractivity contribution is 5.98. The molecule has 17 heavy (non-hydrogen) atoms. The normalized spacial score (nSPS) is 16.3. The SMILES string of the molecule is NCC1(C(=O)Nc2cccc(C(=O)O)c2)CC1. The third kappa shape index (κ3) is 2.29. The summed E-state index contributed by atoms with van der Waals surface area (Å²) in [7, 11) is 0. The van der Waals surface area contributed by atoms with E-state index in [9.17, 15) is 9.59 Å². The van der Waals surface area contributed by atoms with Crippen molar-refractivity contribution in [3.8, 4) is 0 Å². The molecule has 0 aliphatic heterocycles. The Balaban J connectivity index is 2.11. The lowest BCUT2D eigenvalue weighted by Crippen LogP contribution is -2.30. The Labute approximate surface area is 98.6 Å². The fourth-order valence-electron chi connectivity index (χ4n) is 1.67. The number of carbonyl (C=O) groups is 2. The average Bonchev–Trinajstić information content (AvgIpc) is 3.10. The van der Waals surface area contributed by atoms with Crippen molar-refractivity contribution in [3.63, 3.8) is 0 Å². The van der Waals surface area contributed by atoms with Gasteiger partial charge in [0.2, 0.25) is 5.91 Å². The molecule has 5 nitrogen and oxygen atoms in total. The Bertz CT molecular complexity index is 467. The summed E-state index contributed by atoms with van der Waals surface area (Å²) in [6, 6.07) is 6.18. The van der Waals surface area contributed by atoms with Gasteiger partial charge in [0.05, 0.1) is 11.0 Å². The van der Waals surface area contributed by atoms with Crippen LogP contribution in [-0.2, 0) is 4.79 Å². The van der Waals surface area contributed by atoms with Gasteiger partial charge >= 0.3 is 5.97 Å². The minimum Gasteiger partial charge on any atom is -0.478 e. The summed E-state index contributed by atoms with van der Waals surface area (Å²) in [4.78, 5) is 22.6. The quantitative estimate of drug-likeness (QED) is 0.726.